The van der Waals surface area contributed by atoms with Crippen molar-refractivity contribution in [2.45, 2.75) is 19.3 Å². The molecule has 0 aromatic heterocycles. The average Bonchev–Trinajstić information content (AvgIpc) is 2.70. The topological polar surface area (TPSA) is 112 Å². The van der Waals surface area contributed by atoms with E-state index < -0.39 is 17.9 Å². The van der Waals surface area contributed by atoms with Gasteiger partial charge in [-0.1, -0.05) is 91.0 Å². The molecular weight excluding hydrogens is 552 g/mol. The predicted octanol–water partition coefficient (Wildman–Crippen LogP) is 3.94. The average molecular weight is 576 g/mol. The minimum atomic E-state index is -0.786. The summed E-state index contributed by atoms with van der Waals surface area (Å²) in [7, 11) is 0. The van der Waals surface area contributed by atoms with Gasteiger partial charge in [-0.15, -0.1) is 0 Å². The zero-order valence-electron chi connectivity index (χ0n) is 16.6. The van der Waals surface area contributed by atoms with E-state index in [1.807, 2.05) is 54.6 Å². The third-order valence-corrected chi connectivity index (χ3v) is 3.59. The molecule has 0 saturated heterocycles. The Morgan fingerprint density at radius 1 is 0.452 bits per heavy atom. The van der Waals surface area contributed by atoms with Crippen molar-refractivity contribution in [3.8, 4) is 0 Å². The van der Waals surface area contributed by atoms with Crippen LogP contribution >= 0.6 is 0 Å². The molecule has 0 spiro atoms. The van der Waals surface area contributed by atoms with Crippen molar-refractivity contribution < 1.29 is 67.0 Å². The number of carboxylic acid groups (broad SMARTS) is 3. The maximum Gasteiger partial charge on any atom is 0.307 e. The van der Waals surface area contributed by atoms with Crippen molar-refractivity contribution in [3.63, 3.8) is 0 Å². The monoisotopic (exact) mass is 574 g/mol. The Bertz CT molecular complexity index is 777. The quantitative estimate of drug-likeness (QED) is 0.411. The van der Waals surface area contributed by atoms with Crippen LogP contribution in [-0.4, -0.2) is 33.2 Å². The fourth-order valence-electron chi connectivity index (χ4n) is 2.31. The van der Waals surface area contributed by atoms with Gasteiger partial charge in [0, 0.05) is 37.3 Å². The summed E-state index contributed by atoms with van der Waals surface area (Å²) in [6, 6.07) is 27.4. The minimum Gasteiger partial charge on any atom is -0.481 e. The van der Waals surface area contributed by atoms with Crippen molar-refractivity contribution in [2.24, 2.45) is 0 Å². The van der Waals surface area contributed by atoms with Crippen LogP contribution in [0.4, 0.5) is 0 Å². The number of aliphatic carboxylic acids is 3. The van der Waals surface area contributed by atoms with Crippen molar-refractivity contribution in [1.29, 1.82) is 0 Å². The number of hydrogen-bond acceptors (Lipinski definition) is 3. The van der Waals surface area contributed by atoms with Gasteiger partial charge in [0.1, 0.15) is 0 Å². The molecule has 0 aliphatic rings. The van der Waals surface area contributed by atoms with E-state index in [0.717, 1.165) is 16.7 Å². The Kier molecular flexibility index (Phi) is 15.6. The van der Waals surface area contributed by atoms with Gasteiger partial charge in [0.05, 0.1) is 19.3 Å². The molecule has 0 unspecified atom stereocenters. The summed E-state index contributed by atoms with van der Waals surface area (Å²) in [5.74, 6) is -2.36. The molecule has 0 saturated carbocycles. The van der Waals surface area contributed by atoms with Crippen molar-refractivity contribution in [1.82, 2.24) is 0 Å². The van der Waals surface area contributed by atoms with Gasteiger partial charge in [-0.3, -0.25) is 14.4 Å². The Balaban J connectivity index is 0.000000429. The normalized spacial score (nSPS) is 8.90. The fourth-order valence-corrected chi connectivity index (χ4v) is 2.31. The molecule has 0 bridgehead atoms. The molecule has 0 aliphatic heterocycles. The van der Waals surface area contributed by atoms with Crippen molar-refractivity contribution in [3.05, 3.63) is 108 Å². The first-order valence-corrected chi connectivity index (χ1v) is 9.14. The van der Waals surface area contributed by atoms with E-state index in [2.05, 4.69) is 0 Å². The second-order valence-electron chi connectivity index (χ2n) is 6.17. The molecule has 0 radical (unpaired) electrons. The van der Waals surface area contributed by atoms with Gasteiger partial charge in [0.15, 0.2) is 0 Å². The van der Waals surface area contributed by atoms with E-state index in [0.29, 0.717) is 0 Å². The van der Waals surface area contributed by atoms with Gasteiger partial charge in [-0.2, -0.15) is 0 Å². The van der Waals surface area contributed by atoms with E-state index >= 15 is 0 Å². The summed E-state index contributed by atoms with van der Waals surface area (Å²) in [4.78, 5) is 30.5. The van der Waals surface area contributed by atoms with E-state index in [4.69, 9.17) is 15.3 Å². The smallest absolute Gasteiger partial charge is 0.307 e. The molecular formula is C24H24ErO6. The number of carboxylic acids is 3. The largest absolute Gasteiger partial charge is 0.481 e. The van der Waals surface area contributed by atoms with Crippen LogP contribution in [0.25, 0.3) is 0 Å². The number of hydrogen-bond donors (Lipinski definition) is 3. The molecule has 31 heavy (non-hydrogen) atoms. The summed E-state index contributed by atoms with van der Waals surface area (Å²) >= 11 is 0. The minimum absolute atomic E-state index is 0. The molecule has 0 amide bonds. The van der Waals surface area contributed by atoms with Crippen LogP contribution in [0.3, 0.4) is 0 Å². The zero-order chi connectivity index (χ0) is 22.2. The first-order valence-electron chi connectivity index (χ1n) is 9.14. The Morgan fingerprint density at radius 2 is 0.645 bits per heavy atom. The first kappa shape index (κ1) is 28.3. The summed E-state index contributed by atoms with van der Waals surface area (Å²) < 4.78 is 0. The Morgan fingerprint density at radius 3 is 0.806 bits per heavy atom. The maximum absolute atomic E-state index is 10.2. The number of benzene rings is 3. The van der Waals surface area contributed by atoms with E-state index in [1.165, 1.54) is 0 Å². The molecule has 3 aromatic carbocycles. The number of carbonyl (C=O) groups is 3. The summed E-state index contributed by atoms with van der Waals surface area (Å²) in [6.45, 7) is 0. The Hall–Kier alpha value is -2.68. The molecule has 7 heteroatoms. The van der Waals surface area contributed by atoms with Crippen LogP contribution in [-0.2, 0) is 33.6 Å². The van der Waals surface area contributed by atoms with Crippen LogP contribution in [0.1, 0.15) is 16.7 Å². The van der Waals surface area contributed by atoms with Gasteiger partial charge in [0.2, 0.25) is 0 Å². The van der Waals surface area contributed by atoms with Crippen LogP contribution in [0.15, 0.2) is 91.0 Å². The first-order chi connectivity index (χ1) is 14.4. The third-order valence-electron chi connectivity index (χ3n) is 3.59. The second-order valence-corrected chi connectivity index (χ2v) is 6.17. The molecule has 3 rings (SSSR count). The molecule has 6 nitrogen and oxygen atoms in total. The molecule has 3 N–H and O–H groups in total. The number of rotatable bonds is 6. The maximum atomic E-state index is 10.2. The van der Waals surface area contributed by atoms with Crippen LogP contribution in [0.2, 0.25) is 0 Å². The van der Waals surface area contributed by atoms with Crippen molar-refractivity contribution >= 4 is 17.9 Å². The van der Waals surface area contributed by atoms with Gasteiger partial charge in [0.25, 0.3) is 0 Å². The molecule has 3 aromatic rings. The molecule has 0 heterocycles. The molecule has 0 fully saturated rings. The molecule has 168 valence electrons. The molecule has 0 atom stereocenters. The molecule has 0 aliphatic carbocycles. The van der Waals surface area contributed by atoms with Crippen molar-refractivity contribution in [2.75, 3.05) is 0 Å². The SMILES string of the molecule is O=C(O)Cc1ccccc1.O=C(O)Cc1ccccc1.O=C(O)Cc1ccccc1.[Er]. The van der Waals surface area contributed by atoms with Gasteiger partial charge >= 0.3 is 17.9 Å². The van der Waals surface area contributed by atoms with Crippen LogP contribution in [0, 0.1) is 37.3 Å². The van der Waals surface area contributed by atoms with E-state index in [-0.39, 0.29) is 56.6 Å². The standard InChI is InChI=1S/3C8H8O2.Er/c3*9-8(10)6-7-4-2-1-3-5-7;/h3*1-5H,6H2,(H,9,10);. The summed E-state index contributed by atoms with van der Waals surface area (Å²) in [5, 5.41) is 25.1. The van der Waals surface area contributed by atoms with Gasteiger partial charge in [-0.25, -0.2) is 0 Å². The van der Waals surface area contributed by atoms with Crippen LogP contribution in [0.5, 0.6) is 0 Å². The fraction of sp³-hybridized carbons (Fsp3) is 0.125. The van der Waals surface area contributed by atoms with E-state index in [1.54, 1.807) is 36.4 Å². The summed E-state index contributed by atoms with van der Waals surface area (Å²) in [5.41, 5.74) is 2.53. The van der Waals surface area contributed by atoms with Gasteiger partial charge in [-0.05, 0) is 16.7 Å². The van der Waals surface area contributed by atoms with Crippen LogP contribution < -0.4 is 0 Å². The Labute approximate surface area is 210 Å². The van der Waals surface area contributed by atoms with E-state index in [9.17, 15) is 14.4 Å². The third kappa shape index (κ3) is 15.8. The summed E-state index contributed by atoms with van der Waals surface area (Å²) in [6.07, 6.45) is 0.336. The zero-order valence-corrected chi connectivity index (χ0v) is 18.5. The van der Waals surface area contributed by atoms with Gasteiger partial charge < -0.3 is 15.3 Å². The second kappa shape index (κ2) is 17.0. The predicted molar refractivity (Wildman–Crippen MR) is 113 cm³/mol.